The molecule has 0 fully saturated rings. The summed E-state index contributed by atoms with van der Waals surface area (Å²) in [5.41, 5.74) is 5.47. The van der Waals surface area contributed by atoms with Gasteiger partial charge in [0.15, 0.2) is 0 Å². The highest BCUT2D eigenvalue weighted by Gasteiger charge is 2.13. The zero-order chi connectivity index (χ0) is 9.68. The number of nitrogens with two attached hydrogens (primary N) is 1. The van der Waals surface area contributed by atoms with Crippen LogP contribution in [0.1, 0.15) is 11.1 Å². The van der Waals surface area contributed by atoms with Gasteiger partial charge in [0.05, 0.1) is 19.4 Å². The first kappa shape index (κ1) is 10.9. The van der Waals surface area contributed by atoms with E-state index in [1.165, 1.54) is 11.3 Å². The molecule has 0 aliphatic carbocycles. The van der Waals surface area contributed by atoms with E-state index >= 15 is 0 Å². The standard InChI is InChI=1S/C7H11ClN2O2S/c8-6-4-10-7(13-6)5(3-9)12-2-1-11/h4-5,11H,1-3,9H2. The number of halogens is 1. The fourth-order valence-electron chi connectivity index (χ4n) is 0.851. The Hall–Kier alpha value is -0.200. The normalized spacial score (nSPS) is 13.2. The Labute approximate surface area is 85.3 Å². The van der Waals surface area contributed by atoms with E-state index in [0.29, 0.717) is 10.9 Å². The fraction of sp³-hybridized carbons (Fsp3) is 0.571. The van der Waals surface area contributed by atoms with Gasteiger partial charge in [-0.05, 0) is 0 Å². The molecule has 0 aliphatic heterocycles. The van der Waals surface area contributed by atoms with Crippen LogP contribution in [-0.2, 0) is 4.74 Å². The molecule has 1 aromatic rings. The minimum atomic E-state index is -0.260. The van der Waals surface area contributed by atoms with Crippen molar-refractivity contribution in [2.24, 2.45) is 5.73 Å². The Morgan fingerprint density at radius 1 is 1.77 bits per heavy atom. The summed E-state index contributed by atoms with van der Waals surface area (Å²) in [6.45, 7) is 0.582. The quantitative estimate of drug-likeness (QED) is 0.774. The molecule has 3 N–H and O–H groups in total. The highest BCUT2D eigenvalue weighted by molar-refractivity contribution is 7.15. The van der Waals surface area contributed by atoms with Gasteiger partial charge >= 0.3 is 0 Å². The molecule has 6 heteroatoms. The van der Waals surface area contributed by atoms with E-state index in [9.17, 15) is 0 Å². The summed E-state index contributed by atoms with van der Waals surface area (Å²) in [5.74, 6) is 0. The van der Waals surface area contributed by atoms with E-state index in [2.05, 4.69) is 4.98 Å². The Balaban J connectivity index is 2.56. The summed E-state index contributed by atoms with van der Waals surface area (Å²) in [4.78, 5) is 4.04. The molecule has 1 atom stereocenters. The Morgan fingerprint density at radius 3 is 3.00 bits per heavy atom. The summed E-state index contributed by atoms with van der Waals surface area (Å²) in [7, 11) is 0. The number of aromatic nitrogens is 1. The van der Waals surface area contributed by atoms with E-state index < -0.39 is 0 Å². The molecule has 74 valence electrons. The molecule has 0 radical (unpaired) electrons. The second kappa shape index (κ2) is 5.51. The van der Waals surface area contributed by atoms with Gasteiger partial charge in [0.2, 0.25) is 0 Å². The topological polar surface area (TPSA) is 68.4 Å². The predicted molar refractivity (Wildman–Crippen MR) is 52.0 cm³/mol. The molecule has 0 saturated heterocycles. The van der Waals surface area contributed by atoms with Gasteiger partial charge in [-0.1, -0.05) is 11.6 Å². The lowest BCUT2D eigenvalue weighted by Gasteiger charge is -2.11. The summed E-state index contributed by atoms with van der Waals surface area (Å²) in [6, 6.07) is 0. The molecule has 1 aromatic heterocycles. The Morgan fingerprint density at radius 2 is 2.54 bits per heavy atom. The first-order chi connectivity index (χ1) is 6.27. The summed E-state index contributed by atoms with van der Waals surface area (Å²) in [5, 5.41) is 9.30. The molecule has 0 aliphatic rings. The van der Waals surface area contributed by atoms with Crippen molar-refractivity contribution in [2.75, 3.05) is 19.8 Å². The van der Waals surface area contributed by atoms with Crippen molar-refractivity contribution in [3.63, 3.8) is 0 Å². The van der Waals surface area contributed by atoms with Gasteiger partial charge in [0, 0.05) is 6.54 Å². The van der Waals surface area contributed by atoms with Crippen LogP contribution in [-0.4, -0.2) is 29.8 Å². The second-order valence-corrected chi connectivity index (χ2v) is 4.01. The minimum Gasteiger partial charge on any atom is -0.394 e. The number of hydrogen-bond donors (Lipinski definition) is 2. The van der Waals surface area contributed by atoms with E-state index in [-0.39, 0.29) is 19.3 Å². The first-order valence-electron chi connectivity index (χ1n) is 3.81. The van der Waals surface area contributed by atoms with Crippen molar-refractivity contribution in [3.05, 3.63) is 15.5 Å². The van der Waals surface area contributed by atoms with Crippen LogP contribution in [0.4, 0.5) is 0 Å². The number of thiazole rings is 1. The van der Waals surface area contributed by atoms with Crippen LogP contribution in [0.5, 0.6) is 0 Å². The molecule has 1 unspecified atom stereocenters. The first-order valence-corrected chi connectivity index (χ1v) is 5.01. The van der Waals surface area contributed by atoms with Crippen LogP contribution in [0.25, 0.3) is 0 Å². The molecule has 1 heterocycles. The maximum Gasteiger partial charge on any atom is 0.124 e. The minimum absolute atomic E-state index is 0.0182. The molecular weight excluding hydrogens is 212 g/mol. The van der Waals surface area contributed by atoms with Gasteiger partial charge < -0.3 is 15.6 Å². The van der Waals surface area contributed by atoms with Crippen LogP contribution in [0.15, 0.2) is 6.20 Å². The maximum atomic E-state index is 8.55. The fourth-order valence-corrected chi connectivity index (χ4v) is 1.84. The van der Waals surface area contributed by atoms with Crippen LogP contribution in [0.3, 0.4) is 0 Å². The third kappa shape index (κ3) is 3.21. The largest absolute Gasteiger partial charge is 0.394 e. The van der Waals surface area contributed by atoms with Gasteiger partial charge in [-0.2, -0.15) is 0 Å². The molecule has 0 bridgehead atoms. The highest BCUT2D eigenvalue weighted by atomic mass is 35.5. The van der Waals surface area contributed by atoms with Gasteiger partial charge in [0.25, 0.3) is 0 Å². The predicted octanol–water partition coefficient (Wildman–Crippen LogP) is 0.805. The average Bonchev–Trinajstić information content (AvgIpc) is 2.54. The zero-order valence-corrected chi connectivity index (χ0v) is 8.51. The molecule has 0 spiro atoms. The second-order valence-electron chi connectivity index (χ2n) is 2.32. The number of nitrogens with zero attached hydrogens (tertiary/aromatic N) is 1. The number of hydrogen-bond acceptors (Lipinski definition) is 5. The van der Waals surface area contributed by atoms with Crippen molar-refractivity contribution in [1.29, 1.82) is 0 Å². The van der Waals surface area contributed by atoms with Gasteiger partial charge in [0.1, 0.15) is 15.4 Å². The molecule has 0 saturated carbocycles. The van der Waals surface area contributed by atoms with Gasteiger partial charge in [-0.25, -0.2) is 4.98 Å². The molecule has 0 amide bonds. The van der Waals surface area contributed by atoms with Crippen LogP contribution in [0, 0.1) is 0 Å². The number of aliphatic hydroxyl groups excluding tert-OH is 1. The van der Waals surface area contributed by atoms with Gasteiger partial charge in [-0.15, -0.1) is 11.3 Å². The molecule has 4 nitrogen and oxygen atoms in total. The van der Waals surface area contributed by atoms with Crippen molar-refractivity contribution in [3.8, 4) is 0 Å². The molecule has 1 rings (SSSR count). The monoisotopic (exact) mass is 222 g/mol. The Bertz CT molecular complexity index is 256. The van der Waals surface area contributed by atoms with E-state index in [0.717, 1.165) is 5.01 Å². The van der Waals surface area contributed by atoms with Crippen molar-refractivity contribution < 1.29 is 9.84 Å². The highest BCUT2D eigenvalue weighted by Crippen LogP contribution is 2.25. The van der Waals surface area contributed by atoms with Crippen molar-refractivity contribution in [1.82, 2.24) is 4.98 Å². The van der Waals surface area contributed by atoms with E-state index in [1.807, 2.05) is 0 Å². The lowest BCUT2D eigenvalue weighted by Crippen LogP contribution is -2.17. The molecule has 13 heavy (non-hydrogen) atoms. The third-order valence-corrected chi connectivity index (χ3v) is 2.60. The van der Waals surface area contributed by atoms with Crippen LogP contribution < -0.4 is 5.73 Å². The summed E-state index contributed by atoms with van der Waals surface area (Å²) < 4.78 is 5.87. The van der Waals surface area contributed by atoms with Crippen molar-refractivity contribution >= 4 is 22.9 Å². The summed E-state index contributed by atoms with van der Waals surface area (Å²) >= 11 is 7.04. The lowest BCUT2D eigenvalue weighted by molar-refractivity contribution is 0.0327. The number of aliphatic hydroxyl groups is 1. The molecule has 0 aromatic carbocycles. The van der Waals surface area contributed by atoms with Gasteiger partial charge in [-0.3, -0.25) is 0 Å². The number of rotatable bonds is 5. The lowest BCUT2D eigenvalue weighted by atomic mass is 10.4. The van der Waals surface area contributed by atoms with E-state index in [1.54, 1.807) is 6.20 Å². The Kier molecular flexibility index (Phi) is 4.61. The van der Waals surface area contributed by atoms with Crippen molar-refractivity contribution in [2.45, 2.75) is 6.10 Å². The van der Waals surface area contributed by atoms with Crippen LogP contribution >= 0.6 is 22.9 Å². The SMILES string of the molecule is NCC(OCCO)c1ncc(Cl)s1. The maximum absolute atomic E-state index is 8.55. The molecular formula is C7H11ClN2O2S. The average molecular weight is 223 g/mol. The smallest absolute Gasteiger partial charge is 0.124 e. The third-order valence-electron chi connectivity index (χ3n) is 1.40. The zero-order valence-electron chi connectivity index (χ0n) is 6.94. The van der Waals surface area contributed by atoms with Crippen LogP contribution in [0.2, 0.25) is 4.34 Å². The summed E-state index contributed by atoms with van der Waals surface area (Å²) in [6.07, 6.45) is 1.30. The van der Waals surface area contributed by atoms with E-state index in [4.69, 9.17) is 27.2 Å². The number of ether oxygens (including phenoxy) is 1.